The molecule has 7 heteroatoms. The van der Waals surface area contributed by atoms with Crippen molar-refractivity contribution >= 4 is 67.6 Å². The first-order valence-electron chi connectivity index (χ1n) is 12.2. The molecule has 0 radical (unpaired) electrons. The van der Waals surface area contributed by atoms with Crippen molar-refractivity contribution in [3.63, 3.8) is 0 Å². The van der Waals surface area contributed by atoms with Crippen molar-refractivity contribution in [3.05, 3.63) is 89.5 Å². The van der Waals surface area contributed by atoms with Crippen LogP contribution in [0.1, 0.15) is 30.5 Å². The first kappa shape index (κ1) is 25.0. The monoisotopic (exact) mass is 525 g/mol. The van der Waals surface area contributed by atoms with E-state index in [4.69, 9.17) is 0 Å². The summed E-state index contributed by atoms with van der Waals surface area (Å²) in [5, 5.41) is 15.5. The van der Waals surface area contributed by atoms with Crippen LogP contribution in [0.25, 0.3) is 21.0 Å². The van der Waals surface area contributed by atoms with Crippen LogP contribution in [0.4, 0.5) is 11.4 Å². The highest BCUT2D eigenvalue weighted by Crippen LogP contribution is 2.33. The molecule has 0 aliphatic carbocycles. The van der Waals surface area contributed by atoms with E-state index in [1.165, 1.54) is 11.8 Å². The SMILES string of the molecule is CCc1cccc(CC)c1NC(=O)CSc1nc2ccc(N=Cc3c(O)ccc4ccccc34)cc2s1. The average Bonchev–Trinajstić information content (AvgIpc) is 3.34. The number of nitrogens with one attached hydrogen (secondary N) is 1. The standard InChI is InChI=1S/C30H27N3O2S2/c1-3-19-9-7-10-20(4-2)29(19)33-28(35)18-36-30-32-25-14-13-22(16-27(25)37-30)31-17-24-23-11-6-5-8-21(23)12-15-26(24)34/h5-17,34H,3-4,18H2,1-2H3,(H,33,35). The van der Waals surface area contributed by atoms with Crippen molar-refractivity contribution in [1.29, 1.82) is 0 Å². The molecule has 0 spiro atoms. The molecular formula is C30H27N3O2S2. The second-order valence-electron chi connectivity index (χ2n) is 8.60. The number of aromatic nitrogens is 1. The molecule has 1 heterocycles. The highest BCUT2D eigenvalue weighted by atomic mass is 32.2. The van der Waals surface area contributed by atoms with Crippen molar-refractivity contribution < 1.29 is 9.90 Å². The Kier molecular flexibility index (Phi) is 7.53. The van der Waals surface area contributed by atoms with E-state index in [0.29, 0.717) is 11.3 Å². The fourth-order valence-electron chi connectivity index (χ4n) is 4.30. The number of thiazole rings is 1. The van der Waals surface area contributed by atoms with E-state index in [2.05, 4.69) is 41.3 Å². The molecule has 0 bridgehead atoms. The highest BCUT2D eigenvalue weighted by Gasteiger charge is 2.12. The third-order valence-electron chi connectivity index (χ3n) is 6.23. The summed E-state index contributed by atoms with van der Waals surface area (Å²) >= 11 is 2.99. The number of thioether (sulfide) groups is 1. The number of benzene rings is 4. The number of phenolic OH excluding ortho intramolecular Hbond substituents is 1. The molecular weight excluding hydrogens is 498 g/mol. The van der Waals surface area contributed by atoms with E-state index in [0.717, 1.165) is 60.7 Å². The summed E-state index contributed by atoms with van der Waals surface area (Å²) < 4.78 is 1.85. The highest BCUT2D eigenvalue weighted by molar-refractivity contribution is 8.01. The van der Waals surface area contributed by atoms with Gasteiger partial charge in [0.05, 0.1) is 21.7 Å². The molecule has 0 saturated heterocycles. The molecule has 1 amide bonds. The number of para-hydroxylation sites is 1. The van der Waals surface area contributed by atoms with Gasteiger partial charge in [-0.2, -0.15) is 0 Å². The summed E-state index contributed by atoms with van der Waals surface area (Å²) in [7, 11) is 0. The second-order valence-corrected chi connectivity index (χ2v) is 10.9. The van der Waals surface area contributed by atoms with Gasteiger partial charge in [-0.1, -0.05) is 74.1 Å². The Labute approximate surface area is 224 Å². The first-order valence-corrected chi connectivity index (χ1v) is 14.0. The topological polar surface area (TPSA) is 74.6 Å². The van der Waals surface area contributed by atoms with Crippen molar-refractivity contribution in [2.24, 2.45) is 4.99 Å². The second kappa shape index (κ2) is 11.2. The summed E-state index contributed by atoms with van der Waals surface area (Å²) in [6.45, 7) is 4.20. The number of rotatable bonds is 8. The predicted octanol–water partition coefficient (Wildman–Crippen LogP) is 7.76. The fourth-order valence-corrected chi connectivity index (χ4v) is 6.20. The third-order valence-corrected chi connectivity index (χ3v) is 8.39. The molecule has 0 saturated carbocycles. The van der Waals surface area contributed by atoms with E-state index in [9.17, 15) is 9.90 Å². The smallest absolute Gasteiger partial charge is 0.234 e. The number of anilines is 1. The van der Waals surface area contributed by atoms with E-state index >= 15 is 0 Å². The molecule has 5 nitrogen and oxygen atoms in total. The van der Waals surface area contributed by atoms with Crippen LogP contribution >= 0.6 is 23.1 Å². The van der Waals surface area contributed by atoms with Crippen LogP contribution in [0, 0.1) is 0 Å². The predicted molar refractivity (Wildman–Crippen MR) is 157 cm³/mol. The summed E-state index contributed by atoms with van der Waals surface area (Å²) in [4.78, 5) is 22.0. The molecule has 0 fully saturated rings. The van der Waals surface area contributed by atoms with Gasteiger partial charge in [0.2, 0.25) is 5.91 Å². The van der Waals surface area contributed by atoms with Crippen molar-refractivity contribution in [2.45, 2.75) is 31.0 Å². The van der Waals surface area contributed by atoms with Crippen LogP contribution in [0.2, 0.25) is 0 Å². The van der Waals surface area contributed by atoms with Gasteiger partial charge in [0.1, 0.15) is 5.75 Å². The maximum absolute atomic E-state index is 12.7. The molecule has 4 aromatic carbocycles. The molecule has 5 rings (SSSR count). The lowest BCUT2D eigenvalue weighted by Crippen LogP contribution is -2.16. The molecule has 0 unspecified atom stereocenters. The van der Waals surface area contributed by atoms with Gasteiger partial charge in [0, 0.05) is 17.5 Å². The number of aliphatic imine (C=N–C) groups is 1. The minimum absolute atomic E-state index is 0.0277. The Hall–Kier alpha value is -3.68. The van der Waals surface area contributed by atoms with Crippen molar-refractivity contribution in [1.82, 2.24) is 4.98 Å². The Morgan fingerprint density at radius 1 is 1.03 bits per heavy atom. The number of carbonyl (C=O) groups excluding carboxylic acids is 1. The summed E-state index contributed by atoms with van der Waals surface area (Å²) in [6.07, 6.45) is 3.46. The van der Waals surface area contributed by atoms with Gasteiger partial charge in [0.15, 0.2) is 4.34 Å². The van der Waals surface area contributed by atoms with Gasteiger partial charge in [-0.3, -0.25) is 9.79 Å². The maximum atomic E-state index is 12.7. The van der Waals surface area contributed by atoms with Gasteiger partial charge in [-0.15, -0.1) is 11.3 Å². The lowest BCUT2D eigenvalue weighted by molar-refractivity contribution is -0.113. The first-order chi connectivity index (χ1) is 18.1. The molecule has 186 valence electrons. The van der Waals surface area contributed by atoms with E-state index in [1.807, 2.05) is 54.6 Å². The van der Waals surface area contributed by atoms with Crippen LogP contribution in [-0.2, 0) is 17.6 Å². The van der Waals surface area contributed by atoms with Crippen molar-refractivity contribution in [3.8, 4) is 5.75 Å². The normalized spacial score (nSPS) is 11.5. The molecule has 0 aliphatic heterocycles. The molecule has 0 atom stereocenters. The van der Waals surface area contributed by atoms with E-state index in [1.54, 1.807) is 23.6 Å². The zero-order valence-electron chi connectivity index (χ0n) is 20.7. The van der Waals surface area contributed by atoms with Gasteiger partial charge < -0.3 is 10.4 Å². The van der Waals surface area contributed by atoms with Gasteiger partial charge in [0.25, 0.3) is 0 Å². The van der Waals surface area contributed by atoms with Crippen molar-refractivity contribution in [2.75, 3.05) is 11.1 Å². The van der Waals surface area contributed by atoms with Gasteiger partial charge in [-0.25, -0.2) is 4.98 Å². The lowest BCUT2D eigenvalue weighted by atomic mass is 10.0. The Bertz CT molecular complexity index is 1600. The Morgan fingerprint density at radius 3 is 2.59 bits per heavy atom. The Morgan fingerprint density at radius 2 is 1.81 bits per heavy atom. The number of amides is 1. The molecule has 5 aromatic rings. The maximum Gasteiger partial charge on any atom is 0.234 e. The number of hydrogen-bond acceptors (Lipinski definition) is 6. The molecule has 2 N–H and O–H groups in total. The Balaban J connectivity index is 1.29. The van der Waals surface area contributed by atoms with Crippen LogP contribution in [0.3, 0.4) is 0 Å². The van der Waals surface area contributed by atoms with E-state index in [-0.39, 0.29) is 11.7 Å². The summed E-state index contributed by atoms with van der Waals surface area (Å²) in [5.41, 5.74) is 5.61. The lowest BCUT2D eigenvalue weighted by Gasteiger charge is -2.14. The molecule has 37 heavy (non-hydrogen) atoms. The molecule has 1 aromatic heterocycles. The third kappa shape index (κ3) is 5.53. The van der Waals surface area contributed by atoms with E-state index < -0.39 is 0 Å². The van der Waals surface area contributed by atoms with Gasteiger partial charge in [-0.05, 0) is 59.0 Å². The number of aryl methyl sites for hydroxylation is 2. The van der Waals surface area contributed by atoms with Gasteiger partial charge >= 0.3 is 0 Å². The summed E-state index contributed by atoms with van der Waals surface area (Å²) in [6, 6.07) is 23.5. The minimum atomic E-state index is -0.0277. The average molecular weight is 526 g/mol. The number of fused-ring (bicyclic) bond motifs is 2. The van der Waals surface area contributed by atoms with Crippen LogP contribution in [0.15, 0.2) is 82.1 Å². The minimum Gasteiger partial charge on any atom is -0.507 e. The molecule has 0 aliphatic rings. The fraction of sp³-hybridized carbons (Fsp3) is 0.167. The van der Waals surface area contributed by atoms with Crippen LogP contribution < -0.4 is 5.32 Å². The number of carbonyl (C=O) groups is 1. The summed E-state index contributed by atoms with van der Waals surface area (Å²) in [5.74, 6) is 0.470. The zero-order chi connectivity index (χ0) is 25.8. The quantitative estimate of drug-likeness (QED) is 0.160. The number of aromatic hydroxyl groups is 1. The van der Waals surface area contributed by atoms with Crippen LogP contribution in [0.5, 0.6) is 5.75 Å². The zero-order valence-corrected chi connectivity index (χ0v) is 22.3. The number of hydrogen-bond donors (Lipinski definition) is 2. The largest absolute Gasteiger partial charge is 0.507 e. The number of nitrogens with zero attached hydrogens (tertiary/aromatic N) is 2. The van der Waals surface area contributed by atoms with Crippen LogP contribution in [-0.4, -0.2) is 28.0 Å². The number of phenols is 1.